The van der Waals surface area contributed by atoms with Crippen molar-refractivity contribution in [3.8, 4) is 28.7 Å². The molecule has 0 saturated carbocycles. The largest absolute Gasteiger partial charge is 0.489 e. The lowest BCUT2D eigenvalue weighted by Crippen LogP contribution is -2.09. The summed E-state index contributed by atoms with van der Waals surface area (Å²) in [7, 11) is 0. The molecule has 0 atom stereocenters. The van der Waals surface area contributed by atoms with Crippen molar-refractivity contribution in [1.82, 2.24) is 0 Å². The second-order valence-electron chi connectivity index (χ2n) is 5.08. The molecule has 9 heteroatoms. The van der Waals surface area contributed by atoms with Crippen molar-refractivity contribution in [2.75, 3.05) is 13.4 Å². The van der Waals surface area contributed by atoms with Crippen LogP contribution in [-0.2, 0) is 6.18 Å². The van der Waals surface area contributed by atoms with E-state index in [2.05, 4.69) is 31.9 Å². The summed E-state index contributed by atoms with van der Waals surface area (Å²) in [6, 6.07) is 8.29. The first-order valence-electron chi connectivity index (χ1n) is 7.25. The quantitative estimate of drug-likeness (QED) is 0.492. The normalized spacial score (nSPS) is 12.7. The number of ether oxygens (including phenoxy) is 4. The summed E-state index contributed by atoms with van der Waals surface area (Å²) in [5.74, 6) is 1.12. The van der Waals surface area contributed by atoms with Crippen molar-refractivity contribution in [3.05, 3.63) is 51.4 Å². The molecule has 0 amide bonds. The van der Waals surface area contributed by atoms with Crippen molar-refractivity contribution >= 4 is 31.9 Å². The van der Waals surface area contributed by atoms with Gasteiger partial charge in [-0.05, 0) is 68.3 Å². The molecule has 1 heterocycles. The highest BCUT2D eigenvalue weighted by Crippen LogP contribution is 2.41. The molecule has 3 rings (SSSR count). The van der Waals surface area contributed by atoms with Crippen LogP contribution in [0, 0.1) is 0 Å². The third-order valence-electron chi connectivity index (χ3n) is 3.31. The maximum atomic E-state index is 13.3. The predicted molar refractivity (Wildman–Crippen MR) is 95.5 cm³/mol. The van der Waals surface area contributed by atoms with E-state index in [-0.39, 0.29) is 24.9 Å². The zero-order valence-electron chi connectivity index (χ0n) is 13.0. The summed E-state index contributed by atoms with van der Waals surface area (Å²) in [4.78, 5) is 0. The Kier molecular flexibility index (Phi) is 5.67. The van der Waals surface area contributed by atoms with Crippen molar-refractivity contribution in [3.63, 3.8) is 0 Å². The zero-order valence-corrected chi connectivity index (χ0v) is 16.2. The number of hydrogen-bond acceptors (Lipinski definition) is 4. The molecule has 2 aromatic rings. The summed E-state index contributed by atoms with van der Waals surface area (Å²) in [6.45, 7) is 0.0687. The topological polar surface area (TPSA) is 36.9 Å². The van der Waals surface area contributed by atoms with E-state index >= 15 is 0 Å². The first-order chi connectivity index (χ1) is 12.3. The Morgan fingerprint density at radius 3 is 2.46 bits per heavy atom. The lowest BCUT2D eigenvalue weighted by Gasteiger charge is -2.15. The summed E-state index contributed by atoms with van der Waals surface area (Å²) >= 11 is 6.22. The minimum atomic E-state index is -4.58. The summed E-state index contributed by atoms with van der Waals surface area (Å²) in [5.41, 5.74) is -0.921. The molecule has 0 radical (unpaired) electrons. The lowest BCUT2D eigenvalue weighted by molar-refractivity contribution is -0.139. The number of hydrogen-bond donors (Lipinski definition) is 0. The average Bonchev–Trinajstić information content (AvgIpc) is 3.02. The van der Waals surface area contributed by atoms with Gasteiger partial charge in [-0.1, -0.05) is 0 Å². The van der Waals surface area contributed by atoms with Gasteiger partial charge in [-0.2, -0.15) is 13.2 Å². The van der Waals surface area contributed by atoms with Gasteiger partial charge in [-0.3, -0.25) is 0 Å². The van der Waals surface area contributed by atoms with E-state index < -0.39 is 11.7 Å². The SMILES string of the molecule is FC(F)(F)c1cc(Oc2ccc3c(c2)OCO3)ccc1OCC=C(Br)Br. The molecule has 0 saturated heterocycles. The predicted octanol–water partition coefficient (Wildman–Crippen LogP) is 6.24. The van der Waals surface area contributed by atoms with Gasteiger partial charge in [-0.15, -0.1) is 0 Å². The van der Waals surface area contributed by atoms with Crippen LogP contribution in [-0.4, -0.2) is 13.4 Å². The molecule has 1 aliphatic heterocycles. The maximum Gasteiger partial charge on any atom is 0.420 e. The molecule has 0 fully saturated rings. The number of alkyl halides is 3. The standard InChI is InChI=1S/C17H11Br2F3O4/c18-16(19)5-6-23-13-3-1-10(7-12(13)17(20,21)22)26-11-2-4-14-15(8-11)25-9-24-14/h1-5,7-8H,6,9H2. The fourth-order valence-electron chi connectivity index (χ4n) is 2.19. The molecule has 1 aliphatic rings. The lowest BCUT2D eigenvalue weighted by atomic mass is 10.2. The van der Waals surface area contributed by atoms with Crippen LogP contribution in [0.25, 0.3) is 0 Å². The molecule has 4 nitrogen and oxygen atoms in total. The minimum Gasteiger partial charge on any atom is -0.489 e. The van der Waals surface area contributed by atoms with Gasteiger partial charge < -0.3 is 18.9 Å². The highest BCUT2D eigenvalue weighted by Gasteiger charge is 2.35. The zero-order chi connectivity index (χ0) is 18.7. The van der Waals surface area contributed by atoms with E-state index in [4.69, 9.17) is 18.9 Å². The second-order valence-corrected chi connectivity index (χ2v) is 7.85. The summed E-state index contributed by atoms with van der Waals surface area (Å²) in [6.07, 6.45) is -3.05. The van der Waals surface area contributed by atoms with Gasteiger partial charge in [0.25, 0.3) is 0 Å². The van der Waals surface area contributed by atoms with Gasteiger partial charge in [0.15, 0.2) is 11.5 Å². The number of halogens is 5. The van der Waals surface area contributed by atoms with Gasteiger partial charge in [0.05, 0.1) is 3.39 Å². The molecule has 2 aromatic carbocycles. The van der Waals surface area contributed by atoms with Crippen LogP contribution in [0.4, 0.5) is 13.2 Å². The second kappa shape index (κ2) is 7.79. The Morgan fingerprint density at radius 2 is 1.73 bits per heavy atom. The van der Waals surface area contributed by atoms with Crippen molar-refractivity contribution in [2.24, 2.45) is 0 Å². The Labute approximate surface area is 163 Å². The van der Waals surface area contributed by atoms with Crippen LogP contribution >= 0.6 is 31.9 Å². The van der Waals surface area contributed by atoms with E-state index in [0.717, 1.165) is 6.07 Å². The third-order valence-corrected chi connectivity index (χ3v) is 3.96. The first kappa shape index (κ1) is 18.9. The summed E-state index contributed by atoms with van der Waals surface area (Å²) < 4.78 is 61.7. The van der Waals surface area contributed by atoms with E-state index in [9.17, 15) is 13.2 Å². The monoisotopic (exact) mass is 494 g/mol. The highest BCUT2D eigenvalue weighted by atomic mass is 79.9. The molecule has 0 aliphatic carbocycles. The Balaban J connectivity index is 1.83. The van der Waals surface area contributed by atoms with E-state index in [1.165, 1.54) is 18.2 Å². The Bertz CT molecular complexity index is 833. The maximum absolute atomic E-state index is 13.3. The molecule has 0 unspecified atom stereocenters. The smallest absolute Gasteiger partial charge is 0.420 e. The number of rotatable bonds is 5. The molecule has 0 spiro atoms. The highest BCUT2D eigenvalue weighted by molar-refractivity contribution is 9.28. The van der Waals surface area contributed by atoms with E-state index in [1.807, 2.05) is 0 Å². The molecule has 26 heavy (non-hydrogen) atoms. The molecule has 138 valence electrons. The van der Waals surface area contributed by atoms with Crippen molar-refractivity contribution in [2.45, 2.75) is 6.18 Å². The average molecular weight is 496 g/mol. The van der Waals surface area contributed by atoms with Gasteiger partial charge in [0.2, 0.25) is 6.79 Å². The van der Waals surface area contributed by atoms with Crippen LogP contribution in [0.15, 0.2) is 45.9 Å². The van der Waals surface area contributed by atoms with Crippen LogP contribution in [0.3, 0.4) is 0 Å². The van der Waals surface area contributed by atoms with Crippen molar-refractivity contribution < 1.29 is 32.1 Å². The first-order valence-corrected chi connectivity index (χ1v) is 8.84. The fourth-order valence-corrected chi connectivity index (χ4v) is 2.46. The molecule has 0 aromatic heterocycles. The number of benzene rings is 2. The molecular formula is C17H11Br2F3O4. The van der Waals surface area contributed by atoms with Gasteiger partial charge >= 0.3 is 6.18 Å². The fraction of sp³-hybridized carbons (Fsp3) is 0.176. The molecule has 0 bridgehead atoms. The van der Waals surface area contributed by atoms with Gasteiger partial charge in [0, 0.05) is 6.07 Å². The van der Waals surface area contributed by atoms with Gasteiger partial charge in [-0.25, -0.2) is 0 Å². The van der Waals surface area contributed by atoms with Crippen LogP contribution in [0.5, 0.6) is 28.7 Å². The Morgan fingerprint density at radius 1 is 1.04 bits per heavy atom. The number of fused-ring (bicyclic) bond motifs is 1. The molecular weight excluding hydrogens is 485 g/mol. The minimum absolute atomic E-state index is 0.0285. The van der Waals surface area contributed by atoms with E-state index in [0.29, 0.717) is 20.6 Å². The van der Waals surface area contributed by atoms with Crippen LogP contribution < -0.4 is 18.9 Å². The van der Waals surface area contributed by atoms with Crippen molar-refractivity contribution in [1.29, 1.82) is 0 Å². The van der Waals surface area contributed by atoms with Crippen LogP contribution in [0.2, 0.25) is 0 Å². The summed E-state index contributed by atoms with van der Waals surface area (Å²) in [5, 5.41) is 0. The van der Waals surface area contributed by atoms with Crippen LogP contribution in [0.1, 0.15) is 5.56 Å². The van der Waals surface area contributed by atoms with E-state index in [1.54, 1.807) is 18.2 Å². The molecule has 0 N–H and O–H groups in total. The van der Waals surface area contributed by atoms with Gasteiger partial charge in [0.1, 0.15) is 29.4 Å². The Hall–Kier alpha value is -1.87. The third kappa shape index (κ3) is 4.64.